The summed E-state index contributed by atoms with van der Waals surface area (Å²) in [6.45, 7) is -3.04. The van der Waals surface area contributed by atoms with Crippen molar-refractivity contribution in [1.82, 2.24) is 0 Å². The van der Waals surface area contributed by atoms with Crippen LogP contribution in [0.2, 0.25) is 10.0 Å². The predicted molar refractivity (Wildman–Crippen MR) is 84.0 cm³/mol. The van der Waals surface area contributed by atoms with Crippen molar-refractivity contribution in [1.29, 1.82) is 0 Å². The fourth-order valence-electron chi connectivity index (χ4n) is 1.81. The molecule has 0 fully saturated rings. The number of hydrogen-bond donors (Lipinski definition) is 1. The summed E-state index contributed by atoms with van der Waals surface area (Å²) in [6, 6.07) is 8.64. The zero-order valence-corrected chi connectivity index (χ0v) is 13.3. The second-order valence-corrected chi connectivity index (χ2v) is 5.11. The lowest BCUT2D eigenvalue weighted by atomic mass is 10.2. The van der Waals surface area contributed by atoms with Gasteiger partial charge >= 0.3 is 6.61 Å². The van der Waals surface area contributed by atoms with Gasteiger partial charge in [-0.1, -0.05) is 29.3 Å². The highest BCUT2D eigenvalue weighted by molar-refractivity contribution is 6.40. The summed E-state index contributed by atoms with van der Waals surface area (Å²) >= 11 is 11.9. The van der Waals surface area contributed by atoms with Crippen molar-refractivity contribution in [2.75, 3.05) is 12.4 Å². The van der Waals surface area contributed by atoms with E-state index in [2.05, 4.69) is 10.1 Å². The lowest BCUT2D eigenvalue weighted by Gasteiger charge is -2.12. The maximum Gasteiger partial charge on any atom is 0.387 e. The fraction of sp³-hybridized carbons (Fsp3) is 0.133. The Morgan fingerprint density at radius 2 is 1.78 bits per heavy atom. The number of alkyl halides is 2. The van der Waals surface area contributed by atoms with Gasteiger partial charge in [0.05, 0.1) is 22.8 Å². The summed E-state index contributed by atoms with van der Waals surface area (Å²) in [5, 5.41) is 3.03. The second kappa shape index (κ2) is 7.48. The van der Waals surface area contributed by atoms with Crippen LogP contribution in [0.1, 0.15) is 10.4 Å². The molecule has 0 heterocycles. The van der Waals surface area contributed by atoms with Crippen molar-refractivity contribution in [2.24, 2.45) is 0 Å². The van der Waals surface area contributed by atoms with E-state index in [0.717, 1.165) is 6.07 Å². The Morgan fingerprint density at radius 3 is 2.35 bits per heavy atom. The van der Waals surface area contributed by atoms with E-state index in [1.807, 2.05) is 0 Å². The number of anilines is 1. The number of amides is 1. The summed E-state index contributed by atoms with van der Waals surface area (Å²) in [5.41, 5.74) is 0.311. The van der Waals surface area contributed by atoms with Crippen LogP contribution < -0.4 is 14.8 Å². The average Bonchev–Trinajstić information content (AvgIpc) is 2.50. The zero-order valence-electron chi connectivity index (χ0n) is 11.8. The summed E-state index contributed by atoms with van der Waals surface area (Å²) in [6.07, 6.45) is 0. The van der Waals surface area contributed by atoms with E-state index >= 15 is 0 Å². The Morgan fingerprint density at radius 1 is 1.13 bits per heavy atom. The molecular weight excluding hydrogens is 351 g/mol. The molecule has 4 nitrogen and oxygen atoms in total. The first-order valence-electron chi connectivity index (χ1n) is 6.30. The molecule has 0 saturated carbocycles. The van der Waals surface area contributed by atoms with Gasteiger partial charge in [0.2, 0.25) is 0 Å². The van der Waals surface area contributed by atoms with Gasteiger partial charge < -0.3 is 14.8 Å². The molecule has 2 aromatic rings. The van der Waals surface area contributed by atoms with Gasteiger partial charge in [-0.15, -0.1) is 0 Å². The molecule has 1 N–H and O–H groups in total. The lowest BCUT2D eigenvalue weighted by molar-refractivity contribution is -0.0512. The van der Waals surface area contributed by atoms with E-state index in [1.54, 1.807) is 18.2 Å². The number of carbonyl (C=O) groups excluding carboxylic acids is 1. The molecule has 122 valence electrons. The molecule has 2 aromatic carbocycles. The Balaban J connectivity index is 2.29. The Kier molecular flexibility index (Phi) is 5.63. The number of rotatable bonds is 5. The van der Waals surface area contributed by atoms with Gasteiger partial charge in [0.1, 0.15) is 0 Å². The minimum Gasteiger partial charge on any atom is -0.493 e. The molecular formula is C15H11Cl2F2NO3. The van der Waals surface area contributed by atoms with Gasteiger partial charge in [0.15, 0.2) is 11.5 Å². The SMILES string of the molecule is COc1ccc(C(=O)Nc2c(Cl)cccc2Cl)cc1OC(F)F. The quantitative estimate of drug-likeness (QED) is 0.827. The van der Waals surface area contributed by atoms with Crippen LogP contribution in [-0.2, 0) is 0 Å². The molecule has 0 radical (unpaired) electrons. The molecule has 0 aliphatic rings. The molecule has 0 spiro atoms. The molecule has 0 bridgehead atoms. The molecule has 0 unspecified atom stereocenters. The first-order valence-corrected chi connectivity index (χ1v) is 7.06. The number of nitrogens with one attached hydrogen (secondary N) is 1. The Hall–Kier alpha value is -2.05. The van der Waals surface area contributed by atoms with Gasteiger partial charge in [-0.3, -0.25) is 4.79 Å². The number of ether oxygens (including phenoxy) is 2. The largest absolute Gasteiger partial charge is 0.493 e. The van der Waals surface area contributed by atoms with Gasteiger partial charge in [-0.25, -0.2) is 0 Å². The van der Waals surface area contributed by atoms with Crippen LogP contribution in [0, 0.1) is 0 Å². The van der Waals surface area contributed by atoms with Crippen molar-refractivity contribution >= 4 is 34.8 Å². The highest BCUT2D eigenvalue weighted by Gasteiger charge is 2.16. The van der Waals surface area contributed by atoms with Crippen molar-refractivity contribution in [3.8, 4) is 11.5 Å². The highest BCUT2D eigenvalue weighted by Crippen LogP contribution is 2.32. The summed E-state index contributed by atoms with van der Waals surface area (Å²) in [4.78, 5) is 12.2. The van der Waals surface area contributed by atoms with E-state index in [0.29, 0.717) is 0 Å². The molecule has 0 aliphatic heterocycles. The summed E-state index contributed by atoms with van der Waals surface area (Å²) < 4.78 is 34.1. The van der Waals surface area contributed by atoms with Crippen LogP contribution in [0.3, 0.4) is 0 Å². The van der Waals surface area contributed by atoms with E-state index in [-0.39, 0.29) is 32.8 Å². The molecule has 1 amide bonds. The number of carbonyl (C=O) groups is 1. The monoisotopic (exact) mass is 361 g/mol. The minimum absolute atomic E-state index is 0.0810. The third kappa shape index (κ3) is 4.24. The summed E-state index contributed by atoms with van der Waals surface area (Å²) in [5.74, 6) is -0.750. The zero-order chi connectivity index (χ0) is 17.0. The van der Waals surface area contributed by atoms with Crippen molar-refractivity contribution in [3.63, 3.8) is 0 Å². The first kappa shape index (κ1) is 17.3. The molecule has 0 saturated heterocycles. The number of methoxy groups -OCH3 is 1. The Labute approximate surface area is 140 Å². The maximum absolute atomic E-state index is 12.4. The van der Waals surface area contributed by atoms with Gasteiger partial charge in [0.25, 0.3) is 5.91 Å². The maximum atomic E-state index is 12.4. The molecule has 23 heavy (non-hydrogen) atoms. The van der Waals surface area contributed by atoms with Crippen LogP contribution in [0.25, 0.3) is 0 Å². The minimum atomic E-state index is -3.04. The number of para-hydroxylation sites is 1. The normalized spacial score (nSPS) is 10.5. The smallest absolute Gasteiger partial charge is 0.387 e. The topological polar surface area (TPSA) is 47.6 Å². The van der Waals surface area contributed by atoms with Crippen LogP contribution in [0.5, 0.6) is 11.5 Å². The fourth-order valence-corrected chi connectivity index (χ4v) is 2.30. The third-order valence-electron chi connectivity index (χ3n) is 2.84. The highest BCUT2D eigenvalue weighted by atomic mass is 35.5. The van der Waals surface area contributed by atoms with E-state index in [9.17, 15) is 13.6 Å². The lowest BCUT2D eigenvalue weighted by Crippen LogP contribution is -2.13. The van der Waals surface area contributed by atoms with Crippen molar-refractivity contribution < 1.29 is 23.0 Å². The third-order valence-corrected chi connectivity index (χ3v) is 3.47. The number of halogens is 4. The summed E-state index contributed by atoms with van der Waals surface area (Å²) in [7, 11) is 1.30. The second-order valence-electron chi connectivity index (χ2n) is 4.29. The van der Waals surface area contributed by atoms with Crippen LogP contribution in [0.4, 0.5) is 14.5 Å². The van der Waals surface area contributed by atoms with E-state index in [1.165, 1.54) is 19.2 Å². The van der Waals surface area contributed by atoms with Crippen LogP contribution >= 0.6 is 23.2 Å². The molecule has 0 atom stereocenters. The van der Waals surface area contributed by atoms with Gasteiger partial charge in [0, 0.05) is 5.56 Å². The van der Waals surface area contributed by atoms with Gasteiger partial charge in [-0.05, 0) is 30.3 Å². The molecule has 0 aliphatic carbocycles. The van der Waals surface area contributed by atoms with Crippen molar-refractivity contribution in [3.05, 3.63) is 52.0 Å². The van der Waals surface area contributed by atoms with Crippen LogP contribution in [0.15, 0.2) is 36.4 Å². The van der Waals surface area contributed by atoms with E-state index in [4.69, 9.17) is 27.9 Å². The van der Waals surface area contributed by atoms with Crippen LogP contribution in [-0.4, -0.2) is 19.6 Å². The first-order chi connectivity index (χ1) is 10.9. The molecule has 2 rings (SSSR count). The molecule has 8 heteroatoms. The van der Waals surface area contributed by atoms with Crippen molar-refractivity contribution in [2.45, 2.75) is 6.61 Å². The van der Waals surface area contributed by atoms with E-state index < -0.39 is 12.5 Å². The predicted octanol–water partition coefficient (Wildman–Crippen LogP) is 4.86. The molecule has 0 aromatic heterocycles. The standard InChI is InChI=1S/C15H11Cl2F2NO3/c1-22-11-6-5-8(7-12(11)23-15(18)19)14(21)20-13-9(16)3-2-4-10(13)17/h2-7,15H,1H3,(H,20,21). The number of hydrogen-bond acceptors (Lipinski definition) is 3. The average molecular weight is 362 g/mol. The van der Waals surface area contributed by atoms with Gasteiger partial charge in [-0.2, -0.15) is 8.78 Å². The number of benzene rings is 2. The Bertz CT molecular complexity index is 706.